The second kappa shape index (κ2) is 9.95. The third-order valence-corrected chi connectivity index (χ3v) is 5.51. The van der Waals surface area contributed by atoms with E-state index >= 15 is 0 Å². The molecule has 1 saturated carbocycles. The molecule has 3 unspecified atom stereocenters. The maximum Gasteiger partial charge on any atom is 0.340 e. The summed E-state index contributed by atoms with van der Waals surface area (Å²) in [5, 5.41) is 16.1. The predicted octanol–water partition coefficient (Wildman–Crippen LogP) is 1.41. The molecule has 30 heavy (non-hydrogen) atoms. The van der Waals surface area contributed by atoms with Gasteiger partial charge in [0.1, 0.15) is 12.9 Å². The Morgan fingerprint density at radius 2 is 1.97 bits per heavy atom. The highest BCUT2D eigenvalue weighted by molar-refractivity contribution is 6.01. The lowest BCUT2D eigenvalue weighted by Crippen LogP contribution is -2.45. The number of benzene rings is 1. The van der Waals surface area contributed by atoms with Gasteiger partial charge in [-0.15, -0.1) is 5.10 Å². The molecule has 10 nitrogen and oxygen atoms in total. The van der Waals surface area contributed by atoms with Crippen molar-refractivity contribution in [3.63, 3.8) is 0 Å². The van der Waals surface area contributed by atoms with Crippen molar-refractivity contribution in [2.24, 2.45) is 11.8 Å². The van der Waals surface area contributed by atoms with Crippen LogP contribution >= 0.6 is 0 Å². The summed E-state index contributed by atoms with van der Waals surface area (Å²) in [5.74, 6) is -0.478. The monoisotopic (exact) mass is 414 g/mol. The second-order valence-corrected chi connectivity index (χ2v) is 7.62. The van der Waals surface area contributed by atoms with Crippen molar-refractivity contribution < 1.29 is 19.1 Å². The molecule has 1 heterocycles. The summed E-state index contributed by atoms with van der Waals surface area (Å²) in [7, 11) is 0. The highest BCUT2D eigenvalue weighted by Crippen LogP contribution is 2.29. The Hall–Kier alpha value is -3.30. The Morgan fingerprint density at radius 3 is 2.73 bits per heavy atom. The third kappa shape index (κ3) is 5.62. The molecule has 3 rings (SSSR count). The Kier molecular flexibility index (Phi) is 7.10. The highest BCUT2D eigenvalue weighted by Gasteiger charge is 2.28. The maximum atomic E-state index is 12.5. The van der Waals surface area contributed by atoms with Gasteiger partial charge in [0.15, 0.2) is 6.61 Å². The van der Waals surface area contributed by atoms with E-state index in [2.05, 4.69) is 40.0 Å². The summed E-state index contributed by atoms with van der Waals surface area (Å²) in [6.45, 7) is 3.85. The Morgan fingerprint density at radius 1 is 1.17 bits per heavy atom. The molecule has 1 fully saturated rings. The summed E-state index contributed by atoms with van der Waals surface area (Å²) in [5.41, 5.74) is 0.450. The third-order valence-electron chi connectivity index (χ3n) is 5.51. The van der Waals surface area contributed by atoms with Crippen molar-refractivity contribution >= 4 is 23.5 Å². The average molecular weight is 414 g/mol. The van der Waals surface area contributed by atoms with E-state index in [1.165, 1.54) is 23.5 Å². The number of carbonyl (C=O) groups excluding carboxylic acids is 3. The Labute approximate surface area is 174 Å². The first-order valence-corrected chi connectivity index (χ1v) is 10.00. The van der Waals surface area contributed by atoms with Gasteiger partial charge in [0.05, 0.1) is 11.3 Å². The van der Waals surface area contributed by atoms with Crippen LogP contribution in [0.5, 0.6) is 0 Å². The summed E-state index contributed by atoms with van der Waals surface area (Å²) in [4.78, 5) is 36.9. The molecule has 0 saturated heterocycles. The zero-order chi connectivity index (χ0) is 21.5. The lowest BCUT2D eigenvalue weighted by Gasteiger charge is -2.34. The number of rotatable bonds is 7. The standard InChI is InChI=1S/C20H26N6O4/c1-13-6-5-9-16(14(13)2)22-19(28)11-30-20(29)15-7-3-4-8-17(15)23-18(27)10-26-12-21-24-25-26/h3-4,7-8,12-14,16H,5-6,9-11H2,1-2H3,(H,22,28)(H,23,27). The van der Waals surface area contributed by atoms with Crippen LogP contribution in [0.1, 0.15) is 43.5 Å². The van der Waals surface area contributed by atoms with Crippen molar-refractivity contribution in [2.75, 3.05) is 11.9 Å². The average Bonchev–Trinajstić information content (AvgIpc) is 3.23. The molecule has 2 aromatic rings. The molecule has 1 aromatic heterocycles. The number of anilines is 1. The number of para-hydroxylation sites is 1. The van der Waals surface area contributed by atoms with E-state index in [4.69, 9.17) is 4.74 Å². The van der Waals surface area contributed by atoms with E-state index in [-0.39, 0.29) is 36.4 Å². The van der Waals surface area contributed by atoms with Crippen LogP contribution in [0.25, 0.3) is 0 Å². The minimum absolute atomic E-state index is 0.0952. The number of nitrogens with one attached hydrogen (secondary N) is 2. The molecule has 1 aliphatic carbocycles. The number of tetrazole rings is 1. The molecule has 0 aliphatic heterocycles. The van der Waals surface area contributed by atoms with Gasteiger partial charge < -0.3 is 15.4 Å². The largest absolute Gasteiger partial charge is 0.452 e. The van der Waals surface area contributed by atoms with E-state index < -0.39 is 11.9 Å². The summed E-state index contributed by atoms with van der Waals surface area (Å²) < 4.78 is 6.44. The molecule has 1 aromatic carbocycles. The van der Waals surface area contributed by atoms with Crippen molar-refractivity contribution in [3.05, 3.63) is 36.2 Å². The summed E-state index contributed by atoms with van der Waals surface area (Å²) >= 11 is 0. The molecular formula is C20H26N6O4. The number of amides is 2. The topological polar surface area (TPSA) is 128 Å². The smallest absolute Gasteiger partial charge is 0.340 e. The van der Waals surface area contributed by atoms with Crippen LogP contribution in [0.15, 0.2) is 30.6 Å². The first-order valence-electron chi connectivity index (χ1n) is 10.00. The van der Waals surface area contributed by atoms with Gasteiger partial charge >= 0.3 is 5.97 Å². The number of ether oxygens (including phenoxy) is 1. The number of hydrogen-bond donors (Lipinski definition) is 2. The van der Waals surface area contributed by atoms with Gasteiger partial charge in [0.2, 0.25) is 5.91 Å². The molecule has 160 valence electrons. The van der Waals surface area contributed by atoms with Gasteiger partial charge in [-0.05, 0) is 40.8 Å². The zero-order valence-corrected chi connectivity index (χ0v) is 17.1. The number of esters is 1. The fraction of sp³-hybridized carbons (Fsp3) is 0.500. The molecule has 10 heteroatoms. The lowest BCUT2D eigenvalue weighted by atomic mass is 9.78. The van der Waals surface area contributed by atoms with Crippen molar-refractivity contribution in [2.45, 2.75) is 45.7 Å². The van der Waals surface area contributed by atoms with Crippen LogP contribution in [0, 0.1) is 11.8 Å². The molecule has 0 bridgehead atoms. The van der Waals surface area contributed by atoms with E-state index in [0.717, 1.165) is 12.8 Å². The first kappa shape index (κ1) is 21.4. The van der Waals surface area contributed by atoms with Gasteiger partial charge in [0.25, 0.3) is 5.91 Å². The van der Waals surface area contributed by atoms with Crippen molar-refractivity contribution in [1.82, 2.24) is 25.5 Å². The molecule has 1 aliphatic rings. The minimum atomic E-state index is -0.687. The van der Waals surface area contributed by atoms with E-state index in [1.807, 2.05) is 0 Å². The fourth-order valence-corrected chi connectivity index (χ4v) is 3.60. The summed E-state index contributed by atoms with van der Waals surface area (Å²) in [6.07, 6.45) is 4.49. The first-order chi connectivity index (χ1) is 14.4. The zero-order valence-electron chi connectivity index (χ0n) is 17.1. The molecule has 2 amide bonds. The Balaban J connectivity index is 1.54. The van der Waals surface area contributed by atoms with Crippen LogP contribution in [-0.2, 0) is 20.9 Å². The number of hydrogen-bond acceptors (Lipinski definition) is 7. The molecular weight excluding hydrogens is 388 g/mol. The van der Waals surface area contributed by atoms with Crippen LogP contribution in [0.2, 0.25) is 0 Å². The number of nitrogens with zero attached hydrogens (tertiary/aromatic N) is 4. The van der Waals surface area contributed by atoms with E-state index in [0.29, 0.717) is 11.8 Å². The van der Waals surface area contributed by atoms with Crippen LogP contribution in [0.3, 0.4) is 0 Å². The quantitative estimate of drug-likeness (QED) is 0.656. The lowest BCUT2D eigenvalue weighted by molar-refractivity contribution is -0.125. The van der Waals surface area contributed by atoms with Crippen molar-refractivity contribution in [1.29, 1.82) is 0 Å². The van der Waals surface area contributed by atoms with Crippen LogP contribution in [0.4, 0.5) is 5.69 Å². The second-order valence-electron chi connectivity index (χ2n) is 7.62. The number of carbonyl (C=O) groups is 3. The van der Waals surface area contributed by atoms with E-state index in [1.54, 1.807) is 18.2 Å². The van der Waals surface area contributed by atoms with Crippen LogP contribution in [-0.4, -0.2) is 50.6 Å². The number of aromatic nitrogens is 4. The molecule has 0 radical (unpaired) electrons. The van der Waals surface area contributed by atoms with Gasteiger partial charge in [-0.1, -0.05) is 38.8 Å². The van der Waals surface area contributed by atoms with Gasteiger partial charge in [-0.25, -0.2) is 9.48 Å². The molecule has 3 atom stereocenters. The van der Waals surface area contributed by atoms with Gasteiger partial charge in [0, 0.05) is 6.04 Å². The molecule has 2 N–H and O–H groups in total. The predicted molar refractivity (Wildman–Crippen MR) is 107 cm³/mol. The summed E-state index contributed by atoms with van der Waals surface area (Å²) in [6, 6.07) is 6.54. The van der Waals surface area contributed by atoms with Crippen molar-refractivity contribution in [3.8, 4) is 0 Å². The SMILES string of the molecule is CC1CCCC(NC(=O)COC(=O)c2ccccc2NC(=O)Cn2cnnn2)C1C. The van der Waals surface area contributed by atoms with Crippen LogP contribution < -0.4 is 10.6 Å². The van der Waals surface area contributed by atoms with E-state index in [9.17, 15) is 14.4 Å². The minimum Gasteiger partial charge on any atom is -0.452 e. The van der Waals surface area contributed by atoms with Gasteiger partial charge in [-0.3, -0.25) is 9.59 Å². The maximum absolute atomic E-state index is 12.5. The van der Waals surface area contributed by atoms with Gasteiger partial charge in [-0.2, -0.15) is 0 Å². The fourth-order valence-electron chi connectivity index (χ4n) is 3.60. The molecule has 0 spiro atoms. The Bertz CT molecular complexity index is 885. The highest BCUT2D eigenvalue weighted by atomic mass is 16.5. The normalized spacial score (nSPS) is 20.9.